The second-order valence-electron chi connectivity index (χ2n) is 9.01. The molecule has 1 spiro atoms. The number of piperidine rings is 1. The van der Waals surface area contributed by atoms with E-state index in [0.717, 1.165) is 64.0 Å². The number of rotatable bonds is 5. The molecule has 4 rings (SSSR count). The number of imide groups is 1. The number of carbonyl (C=O) groups is 2. The summed E-state index contributed by atoms with van der Waals surface area (Å²) in [7, 11) is 0. The smallest absolute Gasteiger partial charge is 0.323 e. The van der Waals surface area contributed by atoms with Crippen LogP contribution in [0.1, 0.15) is 57.4 Å². The number of aryl methyl sites for hydroxylation is 1. The van der Waals surface area contributed by atoms with Gasteiger partial charge < -0.3 is 5.32 Å². The first-order chi connectivity index (χ1) is 13.6. The van der Waals surface area contributed by atoms with Gasteiger partial charge in [-0.3, -0.25) is 9.69 Å². The number of nitrogens with zero attached hydrogens (tertiary/aromatic N) is 2. The van der Waals surface area contributed by atoms with Crippen LogP contribution in [0.25, 0.3) is 0 Å². The normalized spacial score (nSPS) is 29.5. The maximum atomic E-state index is 13.1. The van der Waals surface area contributed by atoms with E-state index in [9.17, 15) is 9.59 Å². The third-order valence-electron chi connectivity index (χ3n) is 7.23. The molecule has 1 aromatic rings. The molecule has 3 amide bonds. The molecule has 5 heteroatoms. The van der Waals surface area contributed by atoms with Crippen molar-refractivity contribution in [1.82, 2.24) is 15.1 Å². The lowest BCUT2D eigenvalue weighted by molar-refractivity contribution is -0.135. The van der Waals surface area contributed by atoms with Crippen LogP contribution in [0.2, 0.25) is 0 Å². The summed E-state index contributed by atoms with van der Waals surface area (Å²) in [6.45, 7) is 4.50. The highest BCUT2D eigenvalue weighted by Crippen LogP contribution is 2.38. The molecule has 0 radical (unpaired) electrons. The van der Waals surface area contributed by atoms with Gasteiger partial charge in [0.2, 0.25) is 0 Å². The van der Waals surface area contributed by atoms with Gasteiger partial charge in [-0.2, -0.15) is 0 Å². The summed E-state index contributed by atoms with van der Waals surface area (Å²) in [6.07, 6.45) is 8.65. The van der Waals surface area contributed by atoms with E-state index in [1.165, 1.54) is 16.9 Å². The molecule has 28 heavy (non-hydrogen) atoms. The molecule has 3 fully saturated rings. The van der Waals surface area contributed by atoms with Gasteiger partial charge >= 0.3 is 6.03 Å². The summed E-state index contributed by atoms with van der Waals surface area (Å²) in [5.74, 6) is 0.978. The molecule has 2 atom stereocenters. The first-order valence-electron chi connectivity index (χ1n) is 11.0. The quantitative estimate of drug-likeness (QED) is 0.787. The summed E-state index contributed by atoms with van der Waals surface area (Å²) < 4.78 is 0. The lowest BCUT2D eigenvalue weighted by atomic mass is 9.73. The Hall–Kier alpha value is -1.88. The van der Waals surface area contributed by atoms with E-state index in [1.807, 2.05) is 0 Å². The zero-order valence-corrected chi connectivity index (χ0v) is 17.0. The Kier molecular flexibility index (Phi) is 5.72. The topological polar surface area (TPSA) is 52.7 Å². The maximum Gasteiger partial charge on any atom is 0.326 e. The summed E-state index contributed by atoms with van der Waals surface area (Å²) in [4.78, 5) is 29.4. The standard InChI is InChI=1S/C23H33N3O2/c1-18-7-5-6-14-23(18)21(27)26(22(28)24-23)17-25-15-12-20(13-16-25)11-10-19-8-3-2-4-9-19/h2-4,8-9,18,20H,5-7,10-17H2,1H3,(H,24,28). The van der Waals surface area contributed by atoms with Gasteiger partial charge in [-0.1, -0.05) is 50.1 Å². The van der Waals surface area contributed by atoms with Crippen LogP contribution >= 0.6 is 0 Å². The number of hydrogen-bond acceptors (Lipinski definition) is 3. The number of hydrogen-bond donors (Lipinski definition) is 1. The first kappa shape index (κ1) is 19.4. The highest BCUT2D eigenvalue weighted by Gasteiger charge is 2.55. The van der Waals surface area contributed by atoms with E-state index < -0.39 is 5.54 Å². The van der Waals surface area contributed by atoms with E-state index in [0.29, 0.717) is 6.67 Å². The van der Waals surface area contributed by atoms with E-state index in [-0.39, 0.29) is 17.9 Å². The largest absolute Gasteiger partial charge is 0.326 e. The molecule has 1 N–H and O–H groups in total. The number of nitrogens with one attached hydrogen (secondary N) is 1. The van der Waals surface area contributed by atoms with Crippen LogP contribution in [0.15, 0.2) is 30.3 Å². The van der Waals surface area contributed by atoms with Gasteiger partial charge in [-0.05, 0) is 55.9 Å². The average molecular weight is 384 g/mol. The van der Waals surface area contributed by atoms with E-state index in [1.54, 1.807) is 0 Å². The monoisotopic (exact) mass is 383 g/mol. The van der Waals surface area contributed by atoms with Crippen molar-refractivity contribution in [2.75, 3.05) is 19.8 Å². The molecule has 2 heterocycles. The van der Waals surface area contributed by atoms with Crippen molar-refractivity contribution in [2.24, 2.45) is 11.8 Å². The molecule has 5 nitrogen and oxygen atoms in total. The van der Waals surface area contributed by atoms with Crippen LogP contribution in [0, 0.1) is 11.8 Å². The Labute approximate surface area is 168 Å². The molecule has 1 aromatic carbocycles. The number of amides is 3. The fourth-order valence-corrected chi connectivity index (χ4v) is 5.26. The Bertz CT molecular complexity index is 699. The van der Waals surface area contributed by atoms with Gasteiger partial charge in [-0.25, -0.2) is 9.69 Å². The lowest BCUT2D eigenvalue weighted by Gasteiger charge is -2.37. The van der Waals surface area contributed by atoms with Crippen molar-refractivity contribution < 1.29 is 9.59 Å². The predicted molar refractivity (Wildman–Crippen MR) is 110 cm³/mol. The molecule has 0 aromatic heterocycles. The summed E-state index contributed by atoms with van der Waals surface area (Å²) in [5, 5.41) is 3.07. The fraction of sp³-hybridized carbons (Fsp3) is 0.652. The third-order valence-corrected chi connectivity index (χ3v) is 7.23. The minimum atomic E-state index is -0.636. The van der Waals surface area contributed by atoms with E-state index in [4.69, 9.17) is 0 Å². The Balaban J connectivity index is 1.28. The van der Waals surface area contributed by atoms with Crippen molar-refractivity contribution in [3.05, 3.63) is 35.9 Å². The zero-order valence-electron chi connectivity index (χ0n) is 17.0. The van der Waals surface area contributed by atoms with Crippen LogP contribution in [0.4, 0.5) is 4.79 Å². The Morgan fingerprint density at radius 1 is 1.07 bits per heavy atom. The molecular formula is C23H33N3O2. The second kappa shape index (κ2) is 8.24. The molecule has 152 valence electrons. The molecule has 2 aliphatic heterocycles. The van der Waals surface area contributed by atoms with Crippen molar-refractivity contribution >= 4 is 11.9 Å². The van der Waals surface area contributed by atoms with Crippen molar-refractivity contribution in [3.8, 4) is 0 Å². The van der Waals surface area contributed by atoms with Gasteiger partial charge in [0.15, 0.2) is 0 Å². The van der Waals surface area contributed by atoms with Crippen molar-refractivity contribution in [2.45, 2.75) is 63.8 Å². The summed E-state index contributed by atoms with van der Waals surface area (Å²) >= 11 is 0. The van der Waals surface area contributed by atoms with Gasteiger partial charge in [-0.15, -0.1) is 0 Å². The predicted octanol–water partition coefficient (Wildman–Crippen LogP) is 3.79. The zero-order chi connectivity index (χ0) is 19.6. The highest BCUT2D eigenvalue weighted by molar-refractivity contribution is 6.07. The molecule has 3 aliphatic rings. The highest BCUT2D eigenvalue weighted by atomic mass is 16.2. The number of carbonyl (C=O) groups excluding carboxylic acids is 2. The number of urea groups is 1. The molecule has 1 saturated carbocycles. The second-order valence-corrected chi connectivity index (χ2v) is 9.01. The van der Waals surface area contributed by atoms with Gasteiger partial charge in [0.1, 0.15) is 5.54 Å². The molecular weight excluding hydrogens is 350 g/mol. The van der Waals surface area contributed by atoms with Crippen molar-refractivity contribution in [1.29, 1.82) is 0 Å². The molecule has 0 bridgehead atoms. The molecule has 2 saturated heterocycles. The maximum absolute atomic E-state index is 13.1. The average Bonchev–Trinajstić information content (AvgIpc) is 2.95. The third kappa shape index (κ3) is 3.82. The van der Waals surface area contributed by atoms with Gasteiger partial charge in [0.05, 0.1) is 6.67 Å². The van der Waals surface area contributed by atoms with Crippen LogP contribution in [-0.2, 0) is 11.2 Å². The SMILES string of the molecule is CC1CCCCC12NC(=O)N(CN1CCC(CCc3ccccc3)CC1)C2=O. The van der Waals surface area contributed by atoms with Gasteiger partial charge in [0.25, 0.3) is 5.91 Å². The minimum Gasteiger partial charge on any atom is -0.323 e. The van der Waals surface area contributed by atoms with E-state index >= 15 is 0 Å². The minimum absolute atomic E-state index is 0.0101. The van der Waals surface area contributed by atoms with Crippen LogP contribution in [0.3, 0.4) is 0 Å². The molecule has 2 unspecified atom stereocenters. The van der Waals surface area contributed by atoms with Crippen LogP contribution < -0.4 is 5.32 Å². The summed E-state index contributed by atoms with van der Waals surface area (Å²) in [5.41, 5.74) is 0.778. The van der Waals surface area contributed by atoms with Crippen LogP contribution in [-0.4, -0.2) is 47.0 Å². The number of likely N-dealkylation sites (tertiary alicyclic amines) is 1. The summed E-state index contributed by atoms with van der Waals surface area (Å²) in [6, 6.07) is 10.5. The van der Waals surface area contributed by atoms with Crippen LogP contribution in [0.5, 0.6) is 0 Å². The van der Waals surface area contributed by atoms with Crippen molar-refractivity contribution in [3.63, 3.8) is 0 Å². The Morgan fingerprint density at radius 3 is 2.54 bits per heavy atom. The lowest BCUT2D eigenvalue weighted by Crippen LogP contribution is -2.54. The number of benzene rings is 1. The first-order valence-corrected chi connectivity index (χ1v) is 11.0. The van der Waals surface area contributed by atoms with Gasteiger partial charge in [0, 0.05) is 13.1 Å². The molecule has 1 aliphatic carbocycles. The fourth-order valence-electron chi connectivity index (χ4n) is 5.26. The Morgan fingerprint density at radius 2 is 1.82 bits per heavy atom. The van der Waals surface area contributed by atoms with E-state index in [2.05, 4.69) is 47.5 Å².